The van der Waals surface area contributed by atoms with Gasteiger partial charge in [0.25, 0.3) is 0 Å². The first-order valence-electron chi connectivity index (χ1n) is 5.16. The summed E-state index contributed by atoms with van der Waals surface area (Å²) < 4.78 is 0. The average molecular weight is 225 g/mol. The van der Waals surface area contributed by atoms with Crippen molar-refractivity contribution in [2.75, 3.05) is 12.8 Å². The number of rotatable bonds is 4. The molecule has 0 saturated heterocycles. The Hall–Kier alpha value is -0.610. The van der Waals surface area contributed by atoms with Crippen LogP contribution in [0.25, 0.3) is 0 Å². The minimum Gasteiger partial charge on any atom is -0.316 e. The van der Waals surface area contributed by atoms with Crippen LogP contribution in [0.5, 0.6) is 0 Å². The molecule has 0 saturated carbocycles. The fourth-order valence-electron chi connectivity index (χ4n) is 1.09. The molecule has 1 atom stereocenters. The van der Waals surface area contributed by atoms with Crippen LogP contribution in [0.2, 0.25) is 0 Å². The topological polar surface area (TPSA) is 37.8 Å². The minimum absolute atomic E-state index is 0.487. The van der Waals surface area contributed by atoms with E-state index in [4.69, 9.17) is 0 Å². The Morgan fingerprint density at radius 2 is 1.73 bits per heavy atom. The lowest BCUT2D eigenvalue weighted by Crippen LogP contribution is -2.23. The smallest absolute Gasteiger partial charge is 0.188 e. The fraction of sp³-hybridized carbons (Fsp3) is 0.636. The van der Waals surface area contributed by atoms with E-state index < -0.39 is 0 Å². The van der Waals surface area contributed by atoms with E-state index in [9.17, 15) is 0 Å². The normalized spacial score (nSPS) is 12.9. The number of hydrogen-bond acceptors (Lipinski definition) is 4. The molecule has 1 heterocycles. The first-order valence-corrected chi connectivity index (χ1v) is 6.15. The largest absolute Gasteiger partial charge is 0.316 e. The fourth-order valence-corrected chi connectivity index (χ4v) is 2.06. The van der Waals surface area contributed by atoms with Crippen LogP contribution >= 0.6 is 11.8 Å². The van der Waals surface area contributed by atoms with Gasteiger partial charge in [0, 0.05) is 23.2 Å². The molecular weight excluding hydrogens is 206 g/mol. The molecule has 1 aromatic rings. The van der Waals surface area contributed by atoms with E-state index in [0.717, 1.165) is 22.3 Å². The van der Waals surface area contributed by atoms with Crippen LogP contribution in [0.3, 0.4) is 0 Å². The van der Waals surface area contributed by atoms with Crippen LogP contribution in [-0.2, 0) is 0 Å². The first-order chi connectivity index (χ1) is 7.04. The predicted octanol–water partition coefficient (Wildman–Crippen LogP) is 2.10. The highest BCUT2D eigenvalue weighted by Crippen LogP contribution is 2.17. The summed E-state index contributed by atoms with van der Waals surface area (Å²) in [6, 6.07) is 0.487. The van der Waals surface area contributed by atoms with Gasteiger partial charge in [0.05, 0.1) is 0 Å². The molecule has 0 aliphatic rings. The Balaban J connectivity index is 2.70. The Bertz CT molecular complexity index is 316. The van der Waals surface area contributed by atoms with Gasteiger partial charge in [-0.3, -0.25) is 0 Å². The van der Waals surface area contributed by atoms with Gasteiger partial charge in [-0.25, -0.2) is 9.97 Å². The van der Waals surface area contributed by atoms with Crippen molar-refractivity contribution in [3.05, 3.63) is 17.0 Å². The third-order valence-corrected chi connectivity index (χ3v) is 3.67. The molecule has 0 radical (unpaired) electrons. The van der Waals surface area contributed by atoms with Gasteiger partial charge >= 0.3 is 0 Å². The van der Waals surface area contributed by atoms with Gasteiger partial charge in [-0.1, -0.05) is 11.8 Å². The Morgan fingerprint density at radius 3 is 2.20 bits per heavy atom. The summed E-state index contributed by atoms with van der Waals surface area (Å²) in [5, 5.41) is 4.09. The Labute approximate surface area is 96.1 Å². The molecule has 1 aromatic heterocycles. The average Bonchev–Trinajstić information content (AvgIpc) is 2.22. The number of aryl methyl sites for hydroxylation is 2. The molecule has 4 heteroatoms. The van der Waals surface area contributed by atoms with Crippen molar-refractivity contribution in [2.24, 2.45) is 0 Å². The van der Waals surface area contributed by atoms with E-state index >= 15 is 0 Å². The third kappa shape index (κ3) is 3.47. The second-order valence-corrected chi connectivity index (χ2v) is 4.79. The lowest BCUT2D eigenvalue weighted by Gasteiger charge is -2.10. The molecule has 0 aromatic carbocycles. The van der Waals surface area contributed by atoms with Crippen LogP contribution in [0, 0.1) is 20.8 Å². The quantitative estimate of drug-likeness (QED) is 0.629. The molecule has 0 amide bonds. The van der Waals surface area contributed by atoms with Crippen LogP contribution < -0.4 is 5.32 Å². The van der Waals surface area contributed by atoms with Gasteiger partial charge in [0.1, 0.15) is 0 Å². The second-order valence-electron chi connectivity index (χ2n) is 3.80. The standard InChI is InChI=1S/C11H19N3S/c1-7(12-5)6-15-11-13-9(3)8(2)10(4)14-11/h7,12H,6H2,1-5H3. The molecule has 15 heavy (non-hydrogen) atoms. The zero-order chi connectivity index (χ0) is 11.4. The van der Waals surface area contributed by atoms with Crippen molar-refractivity contribution in [2.45, 2.75) is 38.9 Å². The lowest BCUT2D eigenvalue weighted by atomic mass is 10.2. The maximum absolute atomic E-state index is 4.46. The van der Waals surface area contributed by atoms with Crippen molar-refractivity contribution in [1.29, 1.82) is 0 Å². The number of aromatic nitrogens is 2. The summed E-state index contributed by atoms with van der Waals surface area (Å²) in [7, 11) is 1.97. The second kappa shape index (κ2) is 5.47. The summed E-state index contributed by atoms with van der Waals surface area (Å²) in [5.74, 6) is 0.998. The molecular formula is C11H19N3S. The van der Waals surface area contributed by atoms with Crippen molar-refractivity contribution in [3.63, 3.8) is 0 Å². The van der Waals surface area contributed by atoms with E-state index in [1.54, 1.807) is 11.8 Å². The molecule has 1 unspecified atom stereocenters. The van der Waals surface area contributed by atoms with Crippen molar-refractivity contribution < 1.29 is 0 Å². The van der Waals surface area contributed by atoms with Gasteiger partial charge in [0.15, 0.2) is 5.16 Å². The monoisotopic (exact) mass is 225 g/mol. The summed E-state index contributed by atoms with van der Waals surface area (Å²) in [5.41, 5.74) is 3.37. The molecule has 0 aliphatic heterocycles. The highest BCUT2D eigenvalue weighted by Gasteiger charge is 2.06. The summed E-state index contributed by atoms with van der Waals surface area (Å²) in [4.78, 5) is 8.93. The molecule has 0 bridgehead atoms. The lowest BCUT2D eigenvalue weighted by molar-refractivity contribution is 0.676. The maximum atomic E-state index is 4.46. The Morgan fingerprint density at radius 1 is 1.20 bits per heavy atom. The SMILES string of the molecule is CNC(C)CSc1nc(C)c(C)c(C)n1. The zero-order valence-corrected chi connectivity index (χ0v) is 10.9. The molecule has 84 valence electrons. The first kappa shape index (κ1) is 12.5. The third-order valence-electron chi connectivity index (χ3n) is 2.57. The molecule has 0 aliphatic carbocycles. The highest BCUT2D eigenvalue weighted by atomic mass is 32.2. The number of hydrogen-bond donors (Lipinski definition) is 1. The van der Waals surface area contributed by atoms with Gasteiger partial charge in [0.2, 0.25) is 0 Å². The van der Waals surface area contributed by atoms with Gasteiger partial charge in [-0.05, 0) is 40.3 Å². The molecule has 0 fully saturated rings. The van der Waals surface area contributed by atoms with Gasteiger partial charge in [-0.2, -0.15) is 0 Å². The van der Waals surface area contributed by atoms with E-state index in [-0.39, 0.29) is 0 Å². The van der Waals surface area contributed by atoms with E-state index in [0.29, 0.717) is 6.04 Å². The van der Waals surface area contributed by atoms with Crippen LogP contribution in [0.4, 0.5) is 0 Å². The summed E-state index contributed by atoms with van der Waals surface area (Å²) >= 11 is 1.71. The number of nitrogens with one attached hydrogen (secondary N) is 1. The molecule has 1 rings (SSSR count). The zero-order valence-electron chi connectivity index (χ0n) is 10.1. The molecule has 0 spiro atoms. The van der Waals surface area contributed by atoms with Gasteiger partial charge in [-0.15, -0.1) is 0 Å². The predicted molar refractivity (Wildman–Crippen MR) is 65.5 cm³/mol. The Kier molecular flexibility index (Phi) is 4.54. The van der Waals surface area contributed by atoms with E-state index in [1.807, 2.05) is 20.9 Å². The van der Waals surface area contributed by atoms with Gasteiger partial charge < -0.3 is 5.32 Å². The van der Waals surface area contributed by atoms with E-state index in [1.165, 1.54) is 5.56 Å². The molecule has 3 nitrogen and oxygen atoms in total. The van der Waals surface area contributed by atoms with E-state index in [2.05, 4.69) is 29.1 Å². The van der Waals surface area contributed by atoms with Crippen molar-refractivity contribution in [3.8, 4) is 0 Å². The number of thioether (sulfide) groups is 1. The van der Waals surface area contributed by atoms with Crippen molar-refractivity contribution in [1.82, 2.24) is 15.3 Å². The summed E-state index contributed by atoms with van der Waals surface area (Å²) in [6.07, 6.45) is 0. The minimum atomic E-state index is 0.487. The summed E-state index contributed by atoms with van der Waals surface area (Å²) in [6.45, 7) is 8.29. The highest BCUT2D eigenvalue weighted by molar-refractivity contribution is 7.99. The molecule has 1 N–H and O–H groups in total. The van der Waals surface area contributed by atoms with Crippen LogP contribution in [0.15, 0.2) is 5.16 Å². The van der Waals surface area contributed by atoms with Crippen molar-refractivity contribution >= 4 is 11.8 Å². The number of nitrogens with zero attached hydrogens (tertiary/aromatic N) is 2. The maximum Gasteiger partial charge on any atom is 0.188 e. The van der Waals surface area contributed by atoms with Crippen LogP contribution in [0.1, 0.15) is 23.9 Å². The van der Waals surface area contributed by atoms with Crippen LogP contribution in [-0.4, -0.2) is 28.8 Å².